The molecule has 0 radical (unpaired) electrons. The van der Waals surface area contributed by atoms with E-state index in [4.69, 9.17) is 5.41 Å². The summed E-state index contributed by atoms with van der Waals surface area (Å²) in [6.45, 7) is 3.39. The Balaban J connectivity index is 1.53. The van der Waals surface area contributed by atoms with Crippen LogP contribution in [0, 0.1) is 5.41 Å². The number of carbonyl (C=O) groups is 2. The molecule has 3 aromatic carbocycles. The molecule has 0 aliphatic rings. The maximum Gasteiger partial charge on any atom is 0.226 e. The van der Waals surface area contributed by atoms with E-state index in [9.17, 15) is 9.59 Å². The lowest BCUT2D eigenvalue weighted by Crippen LogP contribution is -2.31. The first kappa shape index (κ1) is 25.6. The van der Waals surface area contributed by atoms with Crippen LogP contribution in [-0.2, 0) is 30.7 Å². The molecule has 1 N–H and O–H groups in total. The molecule has 0 saturated heterocycles. The molecule has 0 atom stereocenters. The fourth-order valence-corrected chi connectivity index (χ4v) is 4.77. The molecule has 0 fully saturated rings. The van der Waals surface area contributed by atoms with Gasteiger partial charge in [-0.15, -0.1) is 0 Å². The number of aromatic nitrogens is 2. The molecule has 0 saturated carbocycles. The maximum absolute atomic E-state index is 13.0. The molecule has 6 nitrogen and oxygen atoms in total. The van der Waals surface area contributed by atoms with Gasteiger partial charge in [0.1, 0.15) is 0 Å². The topological polar surface area (TPSA) is 71.1 Å². The number of nitrogens with one attached hydrogen (secondary N) is 1. The highest BCUT2D eigenvalue weighted by Gasteiger charge is 2.17. The van der Waals surface area contributed by atoms with Gasteiger partial charge >= 0.3 is 0 Å². The van der Waals surface area contributed by atoms with Crippen LogP contribution in [0.15, 0.2) is 77.3 Å². The lowest BCUT2D eigenvalue weighted by Gasteiger charge is -2.17. The standard InChI is InChI=1S/C29H31BrN4O2/c1-3-22-11-7-12-25-28(22)33(18-8-17-32(2)27(36)19-21-9-5-4-6-10-21)29(31)34(25)20-26(35)23-13-15-24(30)16-14-23/h4-7,9-16,31H,3,8,17-20H2,1-2H3. The summed E-state index contributed by atoms with van der Waals surface area (Å²) in [5.74, 6) is 0.0438. The number of hydrogen-bond donors (Lipinski definition) is 1. The Labute approximate surface area is 219 Å². The Morgan fingerprint density at radius 3 is 2.36 bits per heavy atom. The highest BCUT2D eigenvalue weighted by molar-refractivity contribution is 9.10. The third-order valence-electron chi connectivity index (χ3n) is 6.52. The molecule has 1 heterocycles. The fraction of sp³-hybridized carbons (Fsp3) is 0.276. The first-order chi connectivity index (χ1) is 17.4. The molecule has 4 rings (SSSR count). The van der Waals surface area contributed by atoms with Crippen LogP contribution in [0.1, 0.15) is 34.8 Å². The molecular weight excluding hydrogens is 516 g/mol. The van der Waals surface area contributed by atoms with Gasteiger partial charge in [-0.1, -0.05) is 77.5 Å². The van der Waals surface area contributed by atoms with Crippen molar-refractivity contribution < 1.29 is 9.59 Å². The van der Waals surface area contributed by atoms with Crippen LogP contribution >= 0.6 is 15.9 Å². The van der Waals surface area contributed by atoms with Crippen molar-refractivity contribution in [1.82, 2.24) is 14.0 Å². The van der Waals surface area contributed by atoms with Crippen LogP contribution in [0.5, 0.6) is 0 Å². The van der Waals surface area contributed by atoms with E-state index in [1.54, 1.807) is 21.6 Å². The molecule has 186 valence electrons. The number of fused-ring (bicyclic) bond motifs is 1. The van der Waals surface area contributed by atoms with Crippen molar-refractivity contribution in [2.24, 2.45) is 0 Å². The van der Waals surface area contributed by atoms with E-state index in [0.717, 1.165) is 33.1 Å². The zero-order chi connectivity index (χ0) is 25.7. The second-order valence-electron chi connectivity index (χ2n) is 8.96. The quantitative estimate of drug-likeness (QED) is 0.277. The zero-order valence-electron chi connectivity index (χ0n) is 20.7. The third kappa shape index (κ3) is 5.68. The first-order valence-electron chi connectivity index (χ1n) is 12.2. The largest absolute Gasteiger partial charge is 0.345 e. The van der Waals surface area contributed by atoms with E-state index in [2.05, 4.69) is 28.9 Å². The summed E-state index contributed by atoms with van der Waals surface area (Å²) in [5, 5.41) is 8.94. The van der Waals surface area contributed by atoms with Gasteiger partial charge < -0.3 is 14.0 Å². The number of amides is 1. The number of benzene rings is 3. The molecule has 7 heteroatoms. The van der Waals surface area contributed by atoms with Gasteiger partial charge in [0, 0.05) is 30.2 Å². The van der Waals surface area contributed by atoms with Crippen molar-refractivity contribution in [3.8, 4) is 0 Å². The van der Waals surface area contributed by atoms with Gasteiger partial charge in [0.2, 0.25) is 11.5 Å². The second-order valence-corrected chi connectivity index (χ2v) is 9.88. The third-order valence-corrected chi connectivity index (χ3v) is 7.05. The number of imidazole rings is 1. The van der Waals surface area contributed by atoms with E-state index < -0.39 is 0 Å². The molecule has 0 aliphatic carbocycles. The van der Waals surface area contributed by atoms with Crippen molar-refractivity contribution in [1.29, 1.82) is 5.41 Å². The summed E-state index contributed by atoms with van der Waals surface area (Å²) < 4.78 is 4.70. The Morgan fingerprint density at radius 1 is 0.944 bits per heavy atom. The van der Waals surface area contributed by atoms with Gasteiger partial charge in [0.05, 0.1) is 24.0 Å². The summed E-state index contributed by atoms with van der Waals surface area (Å²) in [6, 6.07) is 23.1. The number of likely N-dealkylation sites (N-methyl/N-ethyl adjacent to an activating group) is 1. The molecule has 0 spiro atoms. The summed E-state index contributed by atoms with van der Waals surface area (Å²) in [5.41, 5.74) is 4.95. The second kappa shape index (κ2) is 11.5. The van der Waals surface area contributed by atoms with Crippen molar-refractivity contribution in [2.75, 3.05) is 13.6 Å². The number of para-hydroxylation sites is 1. The van der Waals surface area contributed by atoms with Gasteiger partial charge in [0.25, 0.3) is 0 Å². The summed E-state index contributed by atoms with van der Waals surface area (Å²) >= 11 is 3.41. The van der Waals surface area contributed by atoms with Crippen LogP contribution in [0.3, 0.4) is 0 Å². The van der Waals surface area contributed by atoms with Gasteiger partial charge in [0.15, 0.2) is 5.78 Å². The van der Waals surface area contributed by atoms with Crippen molar-refractivity contribution >= 4 is 38.7 Å². The number of carbonyl (C=O) groups excluding carboxylic acids is 2. The average Bonchev–Trinajstić information content (AvgIpc) is 3.15. The number of Topliss-reactive ketones (excluding diaryl/α,β-unsaturated/α-hetero) is 1. The van der Waals surface area contributed by atoms with Crippen molar-refractivity contribution in [3.63, 3.8) is 0 Å². The average molecular weight is 547 g/mol. The lowest BCUT2D eigenvalue weighted by atomic mass is 10.1. The lowest BCUT2D eigenvalue weighted by molar-refractivity contribution is -0.129. The summed E-state index contributed by atoms with van der Waals surface area (Å²) in [6.07, 6.45) is 1.92. The number of halogens is 1. The van der Waals surface area contributed by atoms with E-state index in [1.807, 2.05) is 66.2 Å². The highest BCUT2D eigenvalue weighted by atomic mass is 79.9. The van der Waals surface area contributed by atoms with Crippen LogP contribution < -0.4 is 5.62 Å². The number of rotatable bonds is 10. The van der Waals surface area contributed by atoms with Crippen LogP contribution in [0.2, 0.25) is 0 Å². The normalized spacial score (nSPS) is 11.1. The Kier molecular flexibility index (Phi) is 8.21. The molecule has 4 aromatic rings. The smallest absolute Gasteiger partial charge is 0.226 e. The molecule has 0 bridgehead atoms. The van der Waals surface area contributed by atoms with Gasteiger partial charge in [-0.3, -0.25) is 15.0 Å². The molecule has 0 unspecified atom stereocenters. The predicted octanol–water partition coefficient (Wildman–Crippen LogP) is 5.22. The minimum atomic E-state index is -0.0341. The Bertz CT molecular complexity index is 1420. The van der Waals surface area contributed by atoms with Gasteiger partial charge in [-0.2, -0.15) is 0 Å². The Morgan fingerprint density at radius 2 is 1.67 bits per heavy atom. The minimum Gasteiger partial charge on any atom is -0.345 e. The Hall–Kier alpha value is -3.45. The van der Waals surface area contributed by atoms with Crippen LogP contribution in [0.4, 0.5) is 0 Å². The van der Waals surface area contributed by atoms with Crippen LogP contribution in [-0.4, -0.2) is 39.3 Å². The van der Waals surface area contributed by atoms with E-state index in [-0.39, 0.29) is 18.2 Å². The number of aryl methyl sites for hydroxylation is 2. The van der Waals surface area contributed by atoms with E-state index >= 15 is 0 Å². The number of hydrogen-bond acceptors (Lipinski definition) is 3. The predicted molar refractivity (Wildman–Crippen MR) is 146 cm³/mol. The van der Waals surface area contributed by atoms with Gasteiger partial charge in [-0.25, -0.2) is 0 Å². The SMILES string of the molecule is CCc1cccc2c1n(CCCN(C)C(=O)Cc1ccccc1)c(=N)n2CC(=O)c1ccc(Br)cc1. The summed E-state index contributed by atoms with van der Waals surface area (Å²) in [7, 11) is 1.83. The molecule has 1 aromatic heterocycles. The van der Waals surface area contributed by atoms with Crippen LogP contribution in [0.25, 0.3) is 11.0 Å². The highest BCUT2D eigenvalue weighted by Crippen LogP contribution is 2.20. The minimum absolute atomic E-state index is 0.0341. The summed E-state index contributed by atoms with van der Waals surface area (Å²) in [4.78, 5) is 27.5. The zero-order valence-corrected chi connectivity index (χ0v) is 22.3. The number of nitrogens with zero attached hydrogens (tertiary/aromatic N) is 3. The number of ketones is 1. The van der Waals surface area contributed by atoms with E-state index in [1.165, 1.54) is 0 Å². The molecular formula is C29H31BrN4O2. The fourth-order valence-electron chi connectivity index (χ4n) is 4.50. The van der Waals surface area contributed by atoms with Gasteiger partial charge in [-0.05, 0) is 42.2 Å². The first-order valence-corrected chi connectivity index (χ1v) is 13.0. The van der Waals surface area contributed by atoms with Crippen molar-refractivity contribution in [2.45, 2.75) is 39.3 Å². The van der Waals surface area contributed by atoms with E-state index in [0.29, 0.717) is 37.1 Å². The molecule has 0 aliphatic heterocycles. The molecule has 36 heavy (non-hydrogen) atoms. The monoisotopic (exact) mass is 546 g/mol. The van der Waals surface area contributed by atoms with Crippen molar-refractivity contribution in [3.05, 3.63) is 99.6 Å². The molecule has 1 amide bonds. The maximum atomic E-state index is 13.0.